The van der Waals surface area contributed by atoms with Gasteiger partial charge in [-0.1, -0.05) is 17.2 Å². The van der Waals surface area contributed by atoms with Crippen LogP contribution in [0.5, 0.6) is 0 Å². The van der Waals surface area contributed by atoms with Gasteiger partial charge in [-0.15, -0.1) is 0 Å². The lowest BCUT2D eigenvalue weighted by atomic mass is 9.93. The zero-order chi connectivity index (χ0) is 16.6. The summed E-state index contributed by atoms with van der Waals surface area (Å²) in [6.07, 6.45) is 0. The van der Waals surface area contributed by atoms with E-state index in [4.69, 9.17) is 4.74 Å². The second-order valence-electron chi connectivity index (χ2n) is 4.87. The van der Waals surface area contributed by atoms with Crippen molar-refractivity contribution in [2.45, 2.75) is 13.0 Å². The number of esters is 1. The monoisotopic (exact) mass is 317 g/mol. The fourth-order valence-electron chi connectivity index (χ4n) is 2.50. The molecule has 0 fully saturated rings. The summed E-state index contributed by atoms with van der Waals surface area (Å²) >= 11 is 0. The van der Waals surface area contributed by atoms with Crippen LogP contribution in [-0.2, 0) is 14.3 Å². The minimum atomic E-state index is -0.830. The van der Waals surface area contributed by atoms with Crippen LogP contribution in [0.1, 0.15) is 18.5 Å². The van der Waals surface area contributed by atoms with Crippen molar-refractivity contribution in [2.24, 2.45) is 0 Å². The molecule has 1 atom stereocenters. The van der Waals surface area contributed by atoms with E-state index in [9.17, 15) is 14.0 Å². The molecule has 0 bridgehead atoms. The van der Waals surface area contributed by atoms with Gasteiger partial charge in [0.25, 0.3) is 0 Å². The Morgan fingerprint density at radius 1 is 1.39 bits per heavy atom. The number of allylic oxidation sites excluding steroid dienone is 1. The van der Waals surface area contributed by atoms with Gasteiger partial charge in [0.2, 0.25) is 5.95 Å². The Morgan fingerprint density at radius 2 is 2.17 bits per heavy atom. The lowest BCUT2D eigenvalue weighted by Gasteiger charge is -2.27. The van der Waals surface area contributed by atoms with Gasteiger partial charge in [0.05, 0.1) is 12.7 Å². The minimum absolute atomic E-state index is 0.0587. The van der Waals surface area contributed by atoms with Gasteiger partial charge in [0.15, 0.2) is 5.78 Å². The first-order chi connectivity index (χ1) is 11.0. The molecule has 1 aromatic carbocycles. The Labute approximate surface area is 129 Å². The maximum absolute atomic E-state index is 13.6. The van der Waals surface area contributed by atoms with Crippen molar-refractivity contribution >= 4 is 17.7 Å². The third-order valence-corrected chi connectivity index (χ3v) is 3.45. The number of carbonyl (C=O) groups excluding carboxylic acids is 2. The molecule has 0 spiro atoms. The van der Waals surface area contributed by atoms with E-state index >= 15 is 0 Å². The molecule has 2 aromatic rings. The summed E-state index contributed by atoms with van der Waals surface area (Å²) in [4.78, 5) is 24.2. The first kappa shape index (κ1) is 14.8. The van der Waals surface area contributed by atoms with Crippen molar-refractivity contribution in [3.8, 4) is 0 Å². The van der Waals surface area contributed by atoms with Gasteiger partial charge in [0.1, 0.15) is 17.6 Å². The van der Waals surface area contributed by atoms with E-state index in [0.29, 0.717) is 5.56 Å². The Bertz CT molecular complexity index is 829. The molecule has 23 heavy (non-hydrogen) atoms. The van der Waals surface area contributed by atoms with Crippen molar-refractivity contribution < 1.29 is 18.7 Å². The van der Waals surface area contributed by atoms with E-state index < -0.39 is 17.8 Å². The molecule has 0 amide bonds. The van der Waals surface area contributed by atoms with E-state index in [-0.39, 0.29) is 23.0 Å². The number of ketones is 1. The predicted molar refractivity (Wildman–Crippen MR) is 75.7 cm³/mol. The van der Waals surface area contributed by atoms with E-state index in [1.807, 2.05) is 0 Å². The number of fused-ring (bicyclic) bond motifs is 1. The van der Waals surface area contributed by atoms with Crippen LogP contribution in [0.2, 0.25) is 0 Å². The number of carbonyl (C=O) groups is 2. The van der Waals surface area contributed by atoms with Crippen LogP contribution in [0, 0.1) is 5.82 Å². The molecule has 3 rings (SSSR count). The topological polar surface area (TPSA) is 99.0 Å². The SMILES string of the molecule is COC(=O)C1=C(C(C)=O)[C@@H](c2cccc(F)c2)n2nnnc2N1. The number of ether oxygens (including phenoxy) is 1. The van der Waals surface area contributed by atoms with Gasteiger partial charge in [-0.05, 0) is 35.0 Å². The van der Waals surface area contributed by atoms with Gasteiger partial charge in [-0.25, -0.2) is 9.18 Å². The highest BCUT2D eigenvalue weighted by molar-refractivity contribution is 6.05. The maximum atomic E-state index is 13.6. The van der Waals surface area contributed by atoms with Crippen LogP contribution < -0.4 is 5.32 Å². The first-order valence-corrected chi connectivity index (χ1v) is 6.66. The average molecular weight is 317 g/mol. The highest BCUT2D eigenvalue weighted by atomic mass is 19.1. The summed E-state index contributed by atoms with van der Waals surface area (Å²) < 4.78 is 19.6. The fraction of sp³-hybridized carbons (Fsp3) is 0.214. The highest BCUT2D eigenvalue weighted by Crippen LogP contribution is 2.35. The Morgan fingerprint density at radius 3 is 2.83 bits per heavy atom. The fourth-order valence-corrected chi connectivity index (χ4v) is 2.50. The van der Waals surface area contributed by atoms with Gasteiger partial charge >= 0.3 is 5.97 Å². The highest BCUT2D eigenvalue weighted by Gasteiger charge is 2.36. The van der Waals surface area contributed by atoms with E-state index in [1.165, 1.54) is 36.9 Å². The molecule has 1 N–H and O–H groups in total. The second-order valence-corrected chi connectivity index (χ2v) is 4.87. The number of halogens is 1. The van der Waals surface area contributed by atoms with Crippen molar-refractivity contribution in [1.82, 2.24) is 20.2 Å². The molecule has 9 heteroatoms. The second kappa shape index (κ2) is 5.59. The van der Waals surface area contributed by atoms with Crippen molar-refractivity contribution in [3.63, 3.8) is 0 Å². The number of rotatable bonds is 3. The Kier molecular flexibility index (Phi) is 3.61. The molecule has 0 unspecified atom stereocenters. The molecule has 1 aliphatic heterocycles. The predicted octanol–water partition coefficient (Wildman–Crippen LogP) is 0.843. The molecule has 0 saturated heterocycles. The zero-order valence-electron chi connectivity index (χ0n) is 12.3. The summed E-state index contributed by atoms with van der Waals surface area (Å²) in [5.41, 5.74) is 0.477. The number of hydrogen-bond acceptors (Lipinski definition) is 7. The molecule has 1 aliphatic rings. The van der Waals surface area contributed by atoms with Gasteiger partial charge in [-0.3, -0.25) is 4.79 Å². The number of Topliss-reactive ketones (excluding diaryl/α,β-unsaturated/α-hetero) is 1. The third kappa shape index (κ3) is 2.45. The lowest BCUT2D eigenvalue weighted by Crippen LogP contribution is -2.32. The number of hydrogen-bond donors (Lipinski definition) is 1. The standard InChI is InChI=1S/C14H12FN5O3/c1-7(21)10-11(13(22)23-2)16-14-17-18-19-20(14)12(10)8-4-3-5-9(15)6-8/h3-6,12H,1-2H3,(H,16,17,19)/t12-/m1/s1. The summed E-state index contributed by atoms with van der Waals surface area (Å²) in [5.74, 6) is -1.43. The van der Waals surface area contributed by atoms with Crippen molar-refractivity contribution in [1.29, 1.82) is 0 Å². The van der Waals surface area contributed by atoms with Crippen LogP contribution in [0.25, 0.3) is 0 Å². The van der Waals surface area contributed by atoms with Crippen molar-refractivity contribution in [3.05, 3.63) is 46.9 Å². The quantitative estimate of drug-likeness (QED) is 0.838. The number of tetrazole rings is 1. The number of methoxy groups -OCH3 is 1. The first-order valence-electron chi connectivity index (χ1n) is 6.66. The van der Waals surface area contributed by atoms with Gasteiger partial charge < -0.3 is 10.1 Å². The molecule has 0 saturated carbocycles. The number of anilines is 1. The number of nitrogens with zero attached hydrogens (tertiary/aromatic N) is 4. The molecule has 118 valence electrons. The smallest absolute Gasteiger partial charge is 0.355 e. The van der Waals surface area contributed by atoms with Crippen LogP contribution >= 0.6 is 0 Å². The van der Waals surface area contributed by atoms with E-state index in [0.717, 1.165) is 0 Å². The van der Waals surface area contributed by atoms with Crippen LogP contribution in [0.4, 0.5) is 10.3 Å². The van der Waals surface area contributed by atoms with Crippen LogP contribution in [0.15, 0.2) is 35.5 Å². The van der Waals surface area contributed by atoms with E-state index in [2.05, 4.69) is 20.8 Å². The summed E-state index contributed by atoms with van der Waals surface area (Å²) in [6.45, 7) is 1.31. The number of aromatic nitrogens is 4. The maximum Gasteiger partial charge on any atom is 0.355 e. The largest absolute Gasteiger partial charge is 0.464 e. The lowest BCUT2D eigenvalue weighted by molar-refractivity contribution is -0.136. The number of benzene rings is 1. The van der Waals surface area contributed by atoms with Crippen LogP contribution in [0.3, 0.4) is 0 Å². The Hall–Kier alpha value is -3.10. The summed E-state index contributed by atoms with van der Waals surface area (Å²) in [5, 5.41) is 13.8. The molecular weight excluding hydrogens is 305 g/mol. The molecule has 2 heterocycles. The number of nitrogens with one attached hydrogen (secondary N) is 1. The molecule has 8 nitrogen and oxygen atoms in total. The molecule has 0 aliphatic carbocycles. The summed E-state index contributed by atoms with van der Waals surface area (Å²) in [6, 6.07) is 4.85. The summed E-state index contributed by atoms with van der Waals surface area (Å²) in [7, 11) is 1.20. The van der Waals surface area contributed by atoms with Crippen LogP contribution in [-0.4, -0.2) is 39.1 Å². The molecule has 0 radical (unpaired) electrons. The average Bonchev–Trinajstić information content (AvgIpc) is 3.00. The van der Waals surface area contributed by atoms with E-state index in [1.54, 1.807) is 6.07 Å². The molecular formula is C14H12FN5O3. The molecule has 1 aromatic heterocycles. The van der Waals surface area contributed by atoms with Crippen molar-refractivity contribution in [2.75, 3.05) is 12.4 Å². The third-order valence-electron chi connectivity index (χ3n) is 3.45. The Balaban J connectivity index is 2.26. The van der Waals surface area contributed by atoms with Gasteiger partial charge in [-0.2, -0.15) is 4.68 Å². The normalized spacial score (nSPS) is 16.6. The minimum Gasteiger partial charge on any atom is -0.464 e. The zero-order valence-corrected chi connectivity index (χ0v) is 12.3. The van der Waals surface area contributed by atoms with Gasteiger partial charge in [0, 0.05) is 0 Å².